The largest absolute Gasteiger partial charge is 0.506 e. The zero-order valence-corrected chi connectivity index (χ0v) is 10.8. The van der Waals surface area contributed by atoms with E-state index in [4.69, 9.17) is 16.3 Å². The third-order valence-electron chi connectivity index (χ3n) is 2.75. The molecule has 2 aromatic heterocycles. The molecular formula is C13H10ClN3O2. The van der Waals surface area contributed by atoms with E-state index in [-0.39, 0.29) is 10.8 Å². The molecule has 0 atom stereocenters. The fourth-order valence-corrected chi connectivity index (χ4v) is 1.96. The lowest BCUT2D eigenvalue weighted by molar-refractivity contribution is 0.399. The zero-order chi connectivity index (χ0) is 13.4. The Labute approximate surface area is 113 Å². The Kier molecular flexibility index (Phi) is 2.76. The summed E-state index contributed by atoms with van der Waals surface area (Å²) in [7, 11) is 1.56. The van der Waals surface area contributed by atoms with Gasteiger partial charge in [0, 0.05) is 11.6 Å². The van der Waals surface area contributed by atoms with Gasteiger partial charge < -0.3 is 14.8 Å². The summed E-state index contributed by atoms with van der Waals surface area (Å²) in [6.07, 6.45) is 0. The van der Waals surface area contributed by atoms with Crippen LogP contribution in [0.4, 0.5) is 0 Å². The first-order chi connectivity index (χ1) is 9.17. The maximum Gasteiger partial charge on any atom is 0.215 e. The smallest absolute Gasteiger partial charge is 0.215 e. The van der Waals surface area contributed by atoms with Gasteiger partial charge in [-0.25, -0.2) is 4.98 Å². The van der Waals surface area contributed by atoms with Gasteiger partial charge in [-0.3, -0.25) is 0 Å². The van der Waals surface area contributed by atoms with E-state index in [2.05, 4.69) is 15.0 Å². The van der Waals surface area contributed by atoms with Gasteiger partial charge in [-0.05, 0) is 24.3 Å². The number of hydrogen-bond acceptors (Lipinski definition) is 4. The fourth-order valence-electron chi connectivity index (χ4n) is 1.78. The van der Waals surface area contributed by atoms with Crippen molar-refractivity contribution < 1.29 is 9.84 Å². The highest BCUT2D eigenvalue weighted by molar-refractivity contribution is 6.32. The summed E-state index contributed by atoms with van der Waals surface area (Å²) >= 11 is 5.88. The standard InChI is InChI=1S/C13H10ClN3O2/c1-19-11-5-3-9-13(16-11)17-12(15-9)7-2-4-10(18)8(14)6-7/h2-6,18H,1H3,(H,15,16,17). The van der Waals surface area contributed by atoms with Crippen LogP contribution in [0.5, 0.6) is 11.6 Å². The second-order valence-corrected chi connectivity index (χ2v) is 4.38. The summed E-state index contributed by atoms with van der Waals surface area (Å²) in [5.74, 6) is 1.19. The van der Waals surface area contributed by atoms with Crippen molar-refractivity contribution in [1.29, 1.82) is 0 Å². The van der Waals surface area contributed by atoms with Gasteiger partial charge in [0.15, 0.2) is 5.65 Å². The fraction of sp³-hybridized carbons (Fsp3) is 0.0769. The van der Waals surface area contributed by atoms with Crippen LogP contribution in [0.25, 0.3) is 22.6 Å². The molecule has 0 bridgehead atoms. The molecule has 5 nitrogen and oxygen atoms in total. The quantitative estimate of drug-likeness (QED) is 0.754. The van der Waals surface area contributed by atoms with Gasteiger partial charge in [0.1, 0.15) is 11.6 Å². The first-order valence-corrected chi connectivity index (χ1v) is 5.95. The van der Waals surface area contributed by atoms with E-state index in [1.807, 2.05) is 6.07 Å². The maximum absolute atomic E-state index is 9.41. The number of benzene rings is 1. The summed E-state index contributed by atoms with van der Waals surface area (Å²) in [6, 6.07) is 8.51. The van der Waals surface area contributed by atoms with Crippen LogP contribution in [0.1, 0.15) is 0 Å². The Hall–Kier alpha value is -2.27. The predicted octanol–water partition coefficient (Wildman–Crippen LogP) is 2.99. The monoisotopic (exact) mass is 275 g/mol. The van der Waals surface area contributed by atoms with Crippen molar-refractivity contribution in [3.8, 4) is 23.0 Å². The molecule has 0 fully saturated rings. The van der Waals surface area contributed by atoms with Crippen molar-refractivity contribution in [1.82, 2.24) is 15.0 Å². The summed E-state index contributed by atoms with van der Waals surface area (Å²) in [5.41, 5.74) is 2.15. The number of methoxy groups -OCH3 is 1. The van der Waals surface area contributed by atoms with Crippen LogP contribution in [0.2, 0.25) is 5.02 Å². The number of nitrogens with zero attached hydrogens (tertiary/aromatic N) is 2. The number of pyridine rings is 1. The SMILES string of the molecule is COc1ccc2[nH]c(-c3ccc(O)c(Cl)c3)nc2n1. The number of phenolic OH excluding ortho intramolecular Hbond substituents is 1. The number of rotatable bonds is 2. The molecule has 3 rings (SSSR count). The van der Waals surface area contributed by atoms with E-state index in [0.29, 0.717) is 17.4 Å². The second-order valence-electron chi connectivity index (χ2n) is 3.98. The van der Waals surface area contributed by atoms with E-state index in [1.165, 1.54) is 6.07 Å². The highest BCUT2D eigenvalue weighted by atomic mass is 35.5. The normalized spacial score (nSPS) is 10.8. The number of aromatic nitrogens is 3. The highest BCUT2D eigenvalue weighted by Crippen LogP contribution is 2.29. The van der Waals surface area contributed by atoms with Crippen LogP contribution < -0.4 is 4.74 Å². The molecule has 0 spiro atoms. The van der Waals surface area contributed by atoms with Crippen molar-refractivity contribution >= 4 is 22.8 Å². The summed E-state index contributed by atoms with van der Waals surface area (Å²) < 4.78 is 5.05. The highest BCUT2D eigenvalue weighted by Gasteiger charge is 2.09. The van der Waals surface area contributed by atoms with E-state index < -0.39 is 0 Å². The molecule has 0 unspecified atom stereocenters. The average molecular weight is 276 g/mol. The molecule has 2 N–H and O–H groups in total. The molecule has 0 saturated carbocycles. The van der Waals surface area contributed by atoms with Crippen LogP contribution in [-0.2, 0) is 0 Å². The van der Waals surface area contributed by atoms with Crippen LogP contribution in [-0.4, -0.2) is 27.2 Å². The van der Waals surface area contributed by atoms with Crippen LogP contribution in [0, 0.1) is 0 Å². The second kappa shape index (κ2) is 4.44. The molecule has 6 heteroatoms. The Morgan fingerprint density at radius 2 is 2.05 bits per heavy atom. The summed E-state index contributed by atoms with van der Waals surface area (Å²) in [5, 5.41) is 9.69. The number of imidazole rings is 1. The Morgan fingerprint density at radius 1 is 1.21 bits per heavy atom. The predicted molar refractivity (Wildman–Crippen MR) is 72.6 cm³/mol. The number of aromatic amines is 1. The lowest BCUT2D eigenvalue weighted by Gasteiger charge is -1.99. The molecule has 19 heavy (non-hydrogen) atoms. The van der Waals surface area contributed by atoms with E-state index in [0.717, 1.165) is 11.1 Å². The lowest BCUT2D eigenvalue weighted by atomic mass is 10.2. The first-order valence-electron chi connectivity index (χ1n) is 5.57. The Morgan fingerprint density at radius 3 is 2.79 bits per heavy atom. The van der Waals surface area contributed by atoms with Gasteiger partial charge in [-0.15, -0.1) is 0 Å². The minimum Gasteiger partial charge on any atom is -0.506 e. The summed E-state index contributed by atoms with van der Waals surface area (Å²) in [6.45, 7) is 0. The molecule has 3 aromatic rings. The lowest BCUT2D eigenvalue weighted by Crippen LogP contribution is -1.86. The van der Waals surface area contributed by atoms with Gasteiger partial charge in [0.2, 0.25) is 5.88 Å². The number of fused-ring (bicyclic) bond motifs is 1. The molecular weight excluding hydrogens is 266 g/mol. The number of halogens is 1. The molecule has 0 radical (unpaired) electrons. The zero-order valence-electron chi connectivity index (χ0n) is 10.0. The van der Waals surface area contributed by atoms with E-state index in [9.17, 15) is 5.11 Å². The van der Waals surface area contributed by atoms with Crippen molar-refractivity contribution in [3.63, 3.8) is 0 Å². The molecule has 0 amide bonds. The molecule has 2 heterocycles. The number of ether oxygens (including phenoxy) is 1. The van der Waals surface area contributed by atoms with Crippen LogP contribution in [0.3, 0.4) is 0 Å². The third-order valence-corrected chi connectivity index (χ3v) is 3.05. The number of nitrogens with one attached hydrogen (secondary N) is 1. The molecule has 0 saturated heterocycles. The minimum atomic E-state index is 0.0429. The number of hydrogen-bond donors (Lipinski definition) is 2. The number of phenols is 1. The molecule has 1 aromatic carbocycles. The number of H-pyrrole nitrogens is 1. The van der Waals surface area contributed by atoms with Crippen molar-refractivity contribution in [3.05, 3.63) is 35.4 Å². The first kappa shape index (κ1) is 11.8. The van der Waals surface area contributed by atoms with Crippen LogP contribution in [0.15, 0.2) is 30.3 Å². The Bertz CT molecular complexity index is 755. The molecule has 96 valence electrons. The van der Waals surface area contributed by atoms with Gasteiger partial charge in [0.25, 0.3) is 0 Å². The Balaban J connectivity index is 2.11. The summed E-state index contributed by atoms with van der Waals surface area (Å²) in [4.78, 5) is 11.7. The van der Waals surface area contributed by atoms with Crippen LogP contribution >= 0.6 is 11.6 Å². The van der Waals surface area contributed by atoms with E-state index >= 15 is 0 Å². The minimum absolute atomic E-state index is 0.0429. The van der Waals surface area contributed by atoms with Crippen molar-refractivity contribution in [2.24, 2.45) is 0 Å². The van der Waals surface area contributed by atoms with Gasteiger partial charge in [0.05, 0.1) is 17.6 Å². The van der Waals surface area contributed by atoms with E-state index in [1.54, 1.807) is 25.3 Å². The van der Waals surface area contributed by atoms with Gasteiger partial charge >= 0.3 is 0 Å². The number of aromatic hydroxyl groups is 1. The third kappa shape index (κ3) is 2.08. The molecule has 0 aliphatic heterocycles. The van der Waals surface area contributed by atoms with Crippen molar-refractivity contribution in [2.75, 3.05) is 7.11 Å². The topological polar surface area (TPSA) is 71.0 Å². The average Bonchev–Trinajstić information content (AvgIpc) is 2.84. The van der Waals surface area contributed by atoms with Gasteiger partial charge in [-0.1, -0.05) is 11.6 Å². The van der Waals surface area contributed by atoms with Crippen molar-refractivity contribution in [2.45, 2.75) is 0 Å². The van der Waals surface area contributed by atoms with Gasteiger partial charge in [-0.2, -0.15) is 4.98 Å². The maximum atomic E-state index is 9.41. The molecule has 0 aliphatic rings. The molecule has 0 aliphatic carbocycles.